The van der Waals surface area contributed by atoms with Gasteiger partial charge in [-0.2, -0.15) is 0 Å². The van der Waals surface area contributed by atoms with Gasteiger partial charge in [0.1, 0.15) is 0 Å². The predicted octanol–water partition coefficient (Wildman–Crippen LogP) is 4.48. The van der Waals surface area contributed by atoms with Crippen LogP contribution in [0.15, 0.2) is 22.7 Å². The number of hydrogen-bond acceptors (Lipinski definition) is 1. The summed E-state index contributed by atoms with van der Waals surface area (Å²) in [6.07, 6.45) is 5.68. The summed E-state index contributed by atoms with van der Waals surface area (Å²) < 4.78 is 1.05. The average Bonchev–Trinajstić information content (AvgIpc) is 2.69. The summed E-state index contributed by atoms with van der Waals surface area (Å²) in [6, 6.07) is 6.11. The molecule has 1 aliphatic carbocycles. The molecule has 0 bridgehead atoms. The number of nitrogens with zero attached hydrogens (tertiary/aromatic N) is 1. The Bertz CT molecular complexity index is 404. The largest absolute Gasteiger partial charge is 0.369 e. The molecule has 3 rings (SSSR count). The molecule has 0 N–H and O–H groups in total. The number of halogens is 2. The zero-order valence-electron chi connectivity index (χ0n) is 9.18. The highest BCUT2D eigenvalue weighted by atomic mass is 79.9. The van der Waals surface area contributed by atoms with E-state index in [0.717, 1.165) is 9.50 Å². The maximum absolute atomic E-state index is 6.12. The van der Waals surface area contributed by atoms with Crippen LogP contribution in [0.2, 0.25) is 5.02 Å². The third-order valence-electron chi connectivity index (χ3n) is 3.99. The number of rotatable bonds is 1. The van der Waals surface area contributed by atoms with E-state index in [1.165, 1.54) is 44.5 Å². The van der Waals surface area contributed by atoms with E-state index in [0.29, 0.717) is 5.41 Å². The Morgan fingerprint density at radius 1 is 1.19 bits per heavy atom. The summed E-state index contributed by atoms with van der Waals surface area (Å²) in [5.74, 6) is 0. The molecule has 0 amide bonds. The molecule has 3 heteroatoms. The Kier molecular flexibility index (Phi) is 2.67. The third-order valence-corrected chi connectivity index (χ3v) is 5.37. The van der Waals surface area contributed by atoms with Crippen LogP contribution in [0.25, 0.3) is 0 Å². The van der Waals surface area contributed by atoms with E-state index in [1.54, 1.807) is 0 Å². The Morgan fingerprint density at radius 2 is 1.88 bits per heavy atom. The Morgan fingerprint density at radius 3 is 2.56 bits per heavy atom. The van der Waals surface area contributed by atoms with Gasteiger partial charge in [0, 0.05) is 18.5 Å². The topological polar surface area (TPSA) is 3.24 Å². The van der Waals surface area contributed by atoms with E-state index < -0.39 is 0 Å². The summed E-state index contributed by atoms with van der Waals surface area (Å²) in [7, 11) is 0. The number of hydrogen-bond donors (Lipinski definition) is 0. The molecule has 2 aliphatic rings. The van der Waals surface area contributed by atoms with Gasteiger partial charge in [0.25, 0.3) is 0 Å². The van der Waals surface area contributed by atoms with Gasteiger partial charge < -0.3 is 4.90 Å². The minimum Gasteiger partial charge on any atom is -0.369 e. The van der Waals surface area contributed by atoms with Crippen LogP contribution >= 0.6 is 27.5 Å². The second-order valence-electron chi connectivity index (χ2n) is 5.14. The molecule has 1 aliphatic heterocycles. The van der Waals surface area contributed by atoms with Gasteiger partial charge in [-0.05, 0) is 40.9 Å². The van der Waals surface area contributed by atoms with Crippen molar-refractivity contribution in [2.75, 3.05) is 18.0 Å². The molecule has 86 valence electrons. The highest BCUT2D eigenvalue weighted by molar-refractivity contribution is 9.10. The molecule has 16 heavy (non-hydrogen) atoms. The van der Waals surface area contributed by atoms with Crippen LogP contribution in [-0.4, -0.2) is 13.1 Å². The van der Waals surface area contributed by atoms with Crippen molar-refractivity contribution in [3.63, 3.8) is 0 Å². The summed E-state index contributed by atoms with van der Waals surface area (Å²) in [5.41, 5.74) is 1.90. The lowest BCUT2D eigenvalue weighted by Crippen LogP contribution is -2.55. The van der Waals surface area contributed by atoms with Crippen molar-refractivity contribution in [1.29, 1.82) is 0 Å². The third kappa shape index (κ3) is 1.67. The van der Waals surface area contributed by atoms with Crippen molar-refractivity contribution >= 4 is 33.2 Å². The van der Waals surface area contributed by atoms with Crippen LogP contribution in [0.4, 0.5) is 5.69 Å². The zero-order valence-corrected chi connectivity index (χ0v) is 11.5. The number of benzene rings is 1. The normalized spacial score (nSPS) is 22.5. The molecule has 1 spiro atoms. The molecule has 0 radical (unpaired) electrons. The average molecular weight is 301 g/mol. The van der Waals surface area contributed by atoms with Gasteiger partial charge in [0.15, 0.2) is 0 Å². The SMILES string of the molecule is Clc1cccc(N2CC3(CCCC3)C2)c1Br. The first-order valence-corrected chi connectivity index (χ1v) is 7.06. The fraction of sp³-hybridized carbons (Fsp3) is 0.538. The van der Waals surface area contributed by atoms with Crippen molar-refractivity contribution in [2.45, 2.75) is 25.7 Å². The van der Waals surface area contributed by atoms with Crippen LogP contribution in [0.3, 0.4) is 0 Å². The van der Waals surface area contributed by atoms with Gasteiger partial charge in [0.05, 0.1) is 15.2 Å². The van der Waals surface area contributed by atoms with E-state index in [2.05, 4.69) is 26.9 Å². The van der Waals surface area contributed by atoms with Crippen LogP contribution in [0.1, 0.15) is 25.7 Å². The second-order valence-corrected chi connectivity index (χ2v) is 6.34. The van der Waals surface area contributed by atoms with Crippen LogP contribution in [0, 0.1) is 5.41 Å². The lowest BCUT2D eigenvalue weighted by atomic mass is 9.78. The van der Waals surface area contributed by atoms with Gasteiger partial charge in [-0.3, -0.25) is 0 Å². The van der Waals surface area contributed by atoms with Gasteiger partial charge in [-0.15, -0.1) is 0 Å². The first kappa shape index (κ1) is 10.9. The van der Waals surface area contributed by atoms with Crippen molar-refractivity contribution in [2.24, 2.45) is 5.41 Å². The minimum absolute atomic E-state index is 0.641. The van der Waals surface area contributed by atoms with E-state index in [9.17, 15) is 0 Å². The Hall–Kier alpha value is -0.210. The Balaban J connectivity index is 1.78. The zero-order chi connectivity index (χ0) is 11.2. The molecular weight excluding hydrogens is 286 g/mol. The number of anilines is 1. The molecule has 1 aromatic carbocycles. The molecule has 1 saturated carbocycles. The highest BCUT2D eigenvalue weighted by Gasteiger charge is 2.45. The molecule has 1 nitrogen and oxygen atoms in total. The van der Waals surface area contributed by atoms with Crippen molar-refractivity contribution in [1.82, 2.24) is 0 Å². The monoisotopic (exact) mass is 299 g/mol. The van der Waals surface area contributed by atoms with Crippen LogP contribution < -0.4 is 4.90 Å². The molecular formula is C13H15BrClN. The van der Waals surface area contributed by atoms with Gasteiger partial charge in [-0.25, -0.2) is 0 Å². The quantitative estimate of drug-likeness (QED) is 0.739. The predicted molar refractivity (Wildman–Crippen MR) is 72.3 cm³/mol. The minimum atomic E-state index is 0.641. The molecule has 1 heterocycles. The highest BCUT2D eigenvalue weighted by Crippen LogP contribution is 2.48. The first-order chi connectivity index (χ1) is 7.70. The lowest BCUT2D eigenvalue weighted by molar-refractivity contribution is 0.222. The summed E-state index contributed by atoms with van der Waals surface area (Å²) in [5, 5.41) is 0.810. The fourth-order valence-electron chi connectivity index (χ4n) is 3.11. The van der Waals surface area contributed by atoms with Gasteiger partial charge >= 0.3 is 0 Å². The maximum atomic E-state index is 6.12. The summed E-state index contributed by atoms with van der Waals surface area (Å²) in [6.45, 7) is 2.43. The van der Waals surface area contributed by atoms with Crippen molar-refractivity contribution in [3.8, 4) is 0 Å². The molecule has 1 aromatic rings. The first-order valence-electron chi connectivity index (χ1n) is 5.89. The maximum Gasteiger partial charge on any atom is 0.0595 e. The van der Waals surface area contributed by atoms with E-state index in [1.807, 2.05) is 12.1 Å². The van der Waals surface area contributed by atoms with E-state index >= 15 is 0 Å². The molecule has 2 fully saturated rings. The van der Waals surface area contributed by atoms with Crippen molar-refractivity contribution < 1.29 is 0 Å². The molecule has 0 aromatic heterocycles. The fourth-order valence-corrected chi connectivity index (χ4v) is 3.80. The smallest absolute Gasteiger partial charge is 0.0595 e. The second kappa shape index (κ2) is 3.92. The van der Waals surface area contributed by atoms with Crippen LogP contribution in [-0.2, 0) is 0 Å². The van der Waals surface area contributed by atoms with E-state index in [-0.39, 0.29) is 0 Å². The summed E-state index contributed by atoms with van der Waals surface area (Å²) >= 11 is 9.70. The molecule has 0 atom stereocenters. The molecule has 1 saturated heterocycles. The van der Waals surface area contributed by atoms with Gasteiger partial charge in [-0.1, -0.05) is 30.5 Å². The lowest BCUT2D eigenvalue weighted by Gasteiger charge is -2.50. The standard InChI is InChI=1S/C13H15BrClN/c14-12-10(15)4-3-5-11(12)16-8-13(9-16)6-1-2-7-13/h3-5H,1-2,6-9H2. The molecule has 0 unspecified atom stereocenters. The van der Waals surface area contributed by atoms with Crippen LogP contribution in [0.5, 0.6) is 0 Å². The van der Waals surface area contributed by atoms with E-state index in [4.69, 9.17) is 11.6 Å². The van der Waals surface area contributed by atoms with Crippen molar-refractivity contribution in [3.05, 3.63) is 27.7 Å². The summed E-state index contributed by atoms with van der Waals surface area (Å²) in [4.78, 5) is 2.45. The van der Waals surface area contributed by atoms with Gasteiger partial charge in [0.2, 0.25) is 0 Å². The Labute approximate surface area is 110 Å².